The lowest BCUT2D eigenvalue weighted by Crippen LogP contribution is -2.37. The minimum Gasteiger partial charge on any atom is -0.273 e. The van der Waals surface area contributed by atoms with E-state index in [-0.39, 0.29) is 0 Å². The van der Waals surface area contributed by atoms with Gasteiger partial charge in [-0.05, 0) is 48.0 Å². The van der Waals surface area contributed by atoms with Crippen LogP contribution in [0.15, 0.2) is 66.7 Å². The third-order valence-electron chi connectivity index (χ3n) is 5.51. The van der Waals surface area contributed by atoms with Crippen molar-refractivity contribution in [1.82, 2.24) is 0 Å². The summed E-state index contributed by atoms with van der Waals surface area (Å²) >= 11 is 24.8. The predicted molar refractivity (Wildman–Crippen MR) is 125 cm³/mol. The molecule has 9 heteroatoms. The number of hydroxylamine groups is 1. The van der Waals surface area contributed by atoms with Crippen molar-refractivity contribution in [3.05, 3.63) is 92.4 Å². The third-order valence-corrected chi connectivity index (χ3v) is 6.51. The van der Waals surface area contributed by atoms with Crippen LogP contribution in [0.1, 0.15) is 11.6 Å². The summed E-state index contributed by atoms with van der Waals surface area (Å²) < 4.78 is 0. The molecule has 0 bridgehead atoms. The molecular formula is C23H14Cl4N2O3. The molecule has 32 heavy (non-hydrogen) atoms. The Labute approximate surface area is 203 Å². The zero-order valence-corrected chi connectivity index (χ0v) is 19.2. The Kier molecular flexibility index (Phi) is 5.56. The van der Waals surface area contributed by atoms with Crippen LogP contribution in [0.5, 0.6) is 0 Å². The molecule has 2 heterocycles. The van der Waals surface area contributed by atoms with Gasteiger partial charge in [0.2, 0.25) is 5.91 Å². The summed E-state index contributed by atoms with van der Waals surface area (Å²) in [7, 11) is 0. The highest BCUT2D eigenvalue weighted by Crippen LogP contribution is 2.49. The van der Waals surface area contributed by atoms with Crippen LogP contribution in [0.4, 0.5) is 11.4 Å². The van der Waals surface area contributed by atoms with Crippen molar-refractivity contribution in [3.8, 4) is 0 Å². The van der Waals surface area contributed by atoms with Gasteiger partial charge in [-0.3, -0.25) is 14.4 Å². The third kappa shape index (κ3) is 3.54. The monoisotopic (exact) mass is 506 g/mol. The largest absolute Gasteiger partial charge is 0.273 e. The fraction of sp³-hybridized carbons (Fsp3) is 0.130. The summed E-state index contributed by atoms with van der Waals surface area (Å²) in [4.78, 5) is 34.1. The second-order valence-electron chi connectivity index (χ2n) is 7.46. The molecule has 2 aliphatic rings. The van der Waals surface area contributed by atoms with Gasteiger partial charge in [0.05, 0.1) is 17.4 Å². The topological polar surface area (TPSA) is 49.9 Å². The molecule has 0 radical (unpaired) electrons. The maximum atomic E-state index is 13.6. The van der Waals surface area contributed by atoms with E-state index < -0.39 is 29.9 Å². The van der Waals surface area contributed by atoms with Crippen molar-refractivity contribution in [1.29, 1.82) is 0 Å². The van der Waals surface area contributed by atoms with Gasteiger partial charge in [0.15, 0.2) is 6.10 Å². The van der Waals surface area contributed by atoms with E-state index in [0.717, 1.165) is 4.90 Å². The Balaban J connectivity index is 1.62. The fourth-order valence-corrected chi connectivity index (χ4v) is 5.23. The molecule has 0 saturated carbocycles. The Morgan fingerprint density at radius 3 is 2.06 bits per heavy atom. The summed E-state index contributed by atoms with van der Waals surface area (Å²) in [5.41, 5.74) is 1.61. The SMILES string of the molecule is O=C1[C@@H]2[C@@H](c3ccc(Cl)cc3Cl)N(c3ccccc3)O[C@H]2C(=O)N1c1cc(Cl)cc(Cl)c1. The van der Waals surface area contributed by atoms with Gasteiger partial charge in [0.25, 0.3) is 5.91 Å². The number of halogens is 4. The molecule has 2 amide bonds. The molecule has 2 fully saturated rings. The second kappa shape index (κ2) is 8.25. The van der Waals surface area contributed by atoms with E-state index in [0.29, 0.717) is 37.0 Å². The predicted octanol–water partition coefficient (Wildman–Crippen LogP) is 6.35. The first-order valence-electron chi connectivity index (χ1n) is 9.65. The lowest BCUT2D eigenvalue weighted by atomic mass is 9.90. The Morgan fingerprint density at radius 2 is 1.41 bits per heavy atom. The molecule has 3 aromatic carbocycles. The molecule has 0 spiro atoms. The van der Waals surface area contributed by atoms with Crippen molar-refractivity contribution in [3.63, 3.8) is 0 Å². The molecule has 162 valence electrons. The van der Waals surface area contributed by atoms with Gasteiger partial charge in [-0.2, -0.15) is 0 Å². The van der Waals surface area contributed by atoms with Crippen LogP contribution in [-0.2, 0) is 14.4 Å². The van der Waals surface area contributed by atoms with Gasteiger partial charge in [0, 0.05) is 20.1 Å². The van der Waals surface area contributed by atoms with Crippen LogP contribution >= 0.6 is 46.4 Å². The van der Waals surface area contributed by atoms with Gasteiger partial charge < -0.3 is 0 Å². The van der Waals surface area contributed by atoms with Crippen molar-refractivity contribution < 1.29 is 14.4 Å². The molecule has 2 aliphatic heterocycles. The Bertz CT molecular complexity index is 1220. The average molecular weight is 508 g/mol. The van der Waals surface area contributed by atoms with E-state index >= 15 is 0 Å². The number of carbonyl (C=O) groups is 2. The molecule has 0 aliphatic carbocycles. The second-order valence-corrected chi connectivity index (χ2v) is 9.18. The number of fused-ring (bicyclic) bond motifs is 1. The maximum absolute atomic E-state index is 13.6. The number of nitrogens with zero attached hydrogens (tertiary/aromatic N) is 2. The molecule has 3 atom stereocenters. The number of hydrogen-bond acceptors (Lipinski definition) is 4. The van der Waals surface area contributed by atoms with Gasteiger partial charge in [-0.15, -0.1) is 0 Å². The minimum atomic E-state index is -1.03. The number of benzene rings is 3. The first-order valence-corrected chi connectivity index (χ1v) is 11.2. The number of rotatable bonds is 3. The lowest BCUT2D eigenvalue weighted by Gasteiger charge is -2.29. The van der Waals surface area contributed by atoms with Crippen molar-refractivity contribution in [2.45, 2.75) is 12.1 Å². The summed E-state index contributed by atoms with van der Waals surface area (Å²) in [6.45, 7) is 0. The highest BCUT2D eigenvalue weighted by molar-refractivity contribution is 6.36. The summed E-state index contributed by atoms with van der Waals surface area (Å²) in [5, 5.41) is 3.04. The van der Waals surface area contributed by atoms with Crippen molar-refractivity contribution in [2.75, 3.05) is 9.96 Å². The van der Waals surface area contributed by atoms with Crippen LogP contribution in [0, 0.1) is 5.92 Å². The molecule has 5 rings (SSSR count). The van der Waals surface area contributed by atoms with Gasteiger partial charge in [0.1, 0.15) is 5.92 Å². The fourth-order valence-electron chi connectivity index (χ4n) is 4.19. The molecule has 0 N–H and O–H groups in total. The van der Waals surface area contributed by atoms with E-state index in [2.05, 4.69) is 0 Å². The van der Waals surface area contributed by atoms with Crippen LogP contribution < -0.4 is 9.96 Å². The summed E-state index contributed by atoms with van der Waals surface area (Å²) in [5.74, 6) is -1.75. The maximum Gasteiger partial charge on any atom is 0.266 e. The smallest absolute Gasteiger partial charge is 0.266 e. The molecule has 2 saturated heterocycles. The molecule has 3 aromatic rings. The van der Waals surface area contributed by atoms with E-state index in [9.17, 15) is 9.59 Å². The van der Waals surface area contributed by atoms with Crippen LogP contribution in [0.3, 0.4) is 0 Å². The summed E-state index contributed by atoms with van der Waals surface area (Å²) in [6, 6.07) is 18.2. The first-order chi connectivity index (χ1) is 15.3. The minimum absolute atomic E-state index is 0.294. The van der Waals surface area contributed by atoms with E-state index in [4.69, 9.17) is 51.2 Å². The molecule has 0 unspecified atom stereocenters. The highest BCUT2D eigenvalue weighted by atomic mass is 35.5. The van der Waals surface area contributed by atoms with Crippen LogP contribution in [0.2, 0.25) is 20.1 Å². The molecule has 0 aromatic heterocycles. The number of carbonyl (C=O) groups excluding carboxylic acids is 2. The molecule has 5 nitrogen and oxygen atoms in total. The highest BCUT2D eigenvalue weighted by Gasteiger charge is 2.60. The molecular weight excluding hydrogens is 494 g/mol. The number of hydrogen-bond donors (Lipinski definition) is 0. The summed E-state index contributed by atoms with van der Waals surface area (Å²) in [6.07, 6.45) is -1.03. The van der Waals surface area contributed by atoms with E-state index in [1.165, 1.54) is 18.2 Å². The first kappa shape index (κ1) is 21.6. The standard InChI is InChI=1S/C23H14Cl4N2O3/c24-12-6-7-17(18(27)11-12)20-19-21(32-29(20)15-4-2-1-3-5-15)23(31)28(22(19)30)16-9-13(25)8-14(26)10-16/h1-11,19-21H/t19-,20-,21-/m1/s1. The van der Waals surface area contributed by atoms with Gasteiger partial charge in [-0.25, -0.2) is 9.96 Å². The van der Waals surface area contributed by atoms with Gasteiger partial charge >= 0.3 is 0 Å². The van der Waals surface area contributed by atoms with Crippen molar-refractivity contribution in [2.24, 2.45) is 5.92 Å². The number of imide groups is 1. The van der Waals surface area contributed by atoms with Gasteiger partial charge in [-0.1, -0.05) is 70.7 Å². The van der Waals surface area contributed by atoms with E-state index in [1.807, 2.05) is 30.3 Å². The van der Waals surface area contributed by atoms with Crippen LogP contribution in [0.25, 0.3) is 0 Å². The average Bonchev–Trinajstić information content (AvgIpc) is 3.24. The number of para-hydroxylation sites is 1. The Hall–Kier alpha value is -2.28. The normalized spacial score (nSPS) is 22.6. The zero-order chi connectivity index (χ0) is 22.6. The van der Waals surface area contributed by atoms with Crippen LogP contribution in [-0.4, -0.2) is 17.9 Å². The van der Waals surface area contributed by atoms with E-state index in [1.54, 1.807) is 23.3 Å². The van der Waals surface area contributed by atoms with Crippen molar-refractivity contribution >= 4 is 69.6 Å². The Morgan fingerprint density at radius 1 is 0.719 bits per heavy atom. The zero-order valence-electron chi connectivity index (χ0n) is 16.2. The quantitative estimate of drug-likeness (QED) is 0.387. The number of amides is 2. The number of anilines is 2. The lowest BCUT2D eigenvalue weighted by molar-refractivity contribution is -0.126.